The molecule has 2 aliphatic rings. The first-order valence-corrected chi connectivity index (χ1v) is 8.67. The van der Waals surface area contributed by atoms with E-state index in [0.29, 0.717) is 25.8 Å². The summed E-state index contributed by atoms with van der Waals surface area (Å²) in [5.74, 6) is -0.926. The van der Waals surface area contributed by atoms with Crippen LogP contribution in [0.2, 0.25) is 0 Å². The number of carbonyl (C=O) groups excluding carboxylic acids is 3. The average molecular weight is 502 g/mol. The fourth-order valence-corrected chi connectivity index (χ4v) is 3.57. The molecule has 0 aliphatic carbocycles. The Balaban J connectivity index is 2.08. The number of nitrogens with zero attached hydrogens (tertiary/aromatic N) is 2. The van der Waals surface area contributed by atoms with Crippen LogP contribution in [-0.2, 0) is 38.8 Å². The number of hydrogen-bond acceptors (Lipinski definition) is 5. The van der Waals surface area contributed by atoms with Crippen LogP contribution in [-0.4, -0.2) is 53.5 Å². The molecule has 2 amide bonds. The Labute approximate surface area is 146 Å². The van der Waals surface area contributed by atoms with Crippen LogP contribution in [0.25, 0.3) is 0 Å². The molecular weight excluding hydrogens is 481 g/mol. The van der Waals surface area contributed by atoms with E-state index in [9.17, 15) is 14.4 Å². The summed E-state index contributed by atoms with van der Waals surface area (Å²) in [5.41, 5.74) is -0.833. The molecular formula is C15H21N3O4Pt. The van der Waals surface area contributed by atoms with Gasteiger partial charge in [-0.15, -0.1) is 6.58 Å². The van der Waals surface area contributed by atoms with Crippen molar-refractivity contribution in [3.05, 3.63) is 12.7 Å². The van der Waals surface area contributed by atoms with Crippen LogP contribution in [0.3, 0.4) is 0 Å². The SMILES string of the molecule is C=CCCOC(=O)C[C@@H]1NC(=O)[C@]2(CC)C[C@H]([N]=[Pt])CN2C1=O. The van der Waals surface area contributed by atoms with Gasteiger partial charge in [0.25, 0.3) is 0 Å². The fraction of sp³-hybridized carbons (Fsp3) is 0.667. The van der Waals surface area contributed by atoms with Crippen molar-refractivity contribution in [2.45, 2.75) is 50.2 Å². The molecule has 23 heavy (non-hydrogen) atoms. The number of esters is 1. The second kappa shape index (κ2) is 7.47. The van der Waals surface area contributed by atoms with Crippen molar-refractivity contribution in [1.82, 2.24) is 10.2 Å². The summed E-state index contributed by atoms with van der Waals surface area (Å²) in [4.78, 5) is 38.7. The first-order valence-electron chi connectivity index (χ1n) is 7.65. The third kappa shape index (κ3) is 3.44. The third-order valence-electron chi connectivity index (χ3n) is 4.43. The molecule has 1 N–H and O–H groups in total. The van der Waals surface area contributed by atoms with Gasteiger partial charge < -0.3 is 0 Å². The van der Waals surface area contributed by atoms with E-state index in [1.807, 2.05) is 26.6 Å². The van der Waals surface area contributed by atoms with E-state index >= 15 is 0 Å². The maximum atomic E-state index is 12.7. The molecule has 8 heteroatoms. The molecule has 2 heterocycles. The Bertz CT molecular complexity index is 539. The fourth-order valence-electron chi connectivity index (χ4n) is 3.18. The van der Waals surface area contributed by atoms with E-state index in [1.54, 1.807) is 11.0 Å². The van der Waals surface area contributed by atoms with E-state index in [4.69, 9.17) is 4.74 Å². The Morgan fingerprint density at radius 2 is 2.35 bits per heavy atom. The Morgan fingerprint density at radius 3 is 2.96 bits per heavy atom. The van der Waals surface area contributed by atoms with Crippen LogP contribution in [0.5, 0.6) is 0 Å². The molecule has 0 unspecified atom stereocenters. The Hall–Kier alpha value is -1.36. The van der Waals surface area contributed by atoms with Crippen molar-refractivity contribution < 1.29 is 38.8 Å². The number of carbonyl (C=O) groups is 3. The Kier molecular flexibility index (Phi) is 5.84. The predicted octanol–water partition coefficient (Wildman–Crippen LogP) is 0.474. The van der Waals surface area contributed by atoms with Crippen molar-refractivity contribution in [2.75, 3.05) is 13.2 Å². The number of amides is 2. The average Bonchev–Trinajstić information content (AvgIpc) is 2.93. The van der Waals surface area contributed by atoms with Gasteiger partial charge in [0.2, 0.25) is 0 Å². The zero-order valence-corrected chi connectivity index (χ0v) is 15.3. The van der Waals surface area contributed by atoms with Crippen LogP contribution in [0.1, 0.15) is 32.6 Å². The van der Waals surface area contributed by atoms with Gasteiger partial charge in [-0.05, 0) is 0 Å². The van der Waals surface area contributed by atoms with Gasteiger partial charge >= 0.3 is 140 Å². The molecule has 0 aromatic carbocycles. The molecule has 3 atom stereocenters. The normalized spacial score (nSPS) is 29.8. The van der Waals surface area contributed by atoms with E-state index in [-0.39, 0.29) is 30.9 Å². The number of nitrogens with one attached hydrogen (secondary N) is 1. The standard InChI is InChI=1S/C15H21N3O4.Pt/c1-3-5-6-22-12(19)7-11-13(20)18-9-10(16)8-15(18,4-2)14(21)17-11;/h3,10-11H,1,4-9H2,2H3,(H,17,21);/t10-,11-,15-;/m0./s1. The molecule has 2 fully saturated rings. The van der Waals surface area contributed by atoms with Crippen molar-refractivity contribution >= 4 is 17.8 Å². The zero-order chi connectivity index (χ0) is 17.0. The van der Waals surface area contributed by atoms with E-state index in [1.165, 1.54) is 0 Å². The molecule has 2 saturated heterocycles. The van der Waals surface area contributed by atoms with Gasteiger partial charge in [0, 0.05) is 0 Å². The molecule has 0 aromatic rings. The van der Waals surface area contributed by atoms with Crippen LogP contribution in [0.15, 0.2) is 16.2 Å². The maximum absolute atomic E-state index is 12.7. The molecule has 0 radical (unpaired) electrons. The van der Waals surface area contributed by atoms with Crippen LogP contribution in [0, 0.1) is 0 Å². The van der Waals surface area contributed by atoms with Gasteiger partial charge in [-0.2, -0.15) is 0 Å². The minimum atomic E-state index is -0.855. The third-order valence-corrected chi connectivity index (χ3v) is 5.26. The van der Waals surface area contributed by atoms with Crippen LogP contribution >= 0.6 is 0 Å². The number of rotatable bonds is 7. The second-order valence-corrected chi connectivity index (χ2v) is 6.39. The zero-order valence-electron chi connectivity index (χ0n) is 13.0. The monoisotopic (exact) mass is 502 g/mol. The van der Waals surface area contributed by atoms with Crippen molar-refractivity contribution in [2.24, 2.45) is 3.50 Å². The summed E-state index contributed by atoms with van der Waals surface area (Å²) in [7, 11) is 0. The van der Waals surface area contributed by atoms with Crippen molar-refractivity contribution in [3.63, 3.8) is 0 Å². The van der Waals surface area contributed by atoms with Crippen molar-refractivity contribution in [3.8, 4) is 0 Å². The number of fused-ring (bicyclic) bond motifs is 1. The van der Waals surface area contributed by atoms with E-state index < -0.39 is 17.6 Å². The topological polar surface area (TPSA) is 88.1 Å². The van der Waals surface area contributed by atoms with E-state index in [0.717, 1.165) is 0 Å². The molecule has 0 bridgehead atoms. The molecule has 0 aromatic heterocycles. The van der Waals surface area contributed by atoms with Crippen molar-refractivity contribution in [1.29, 1.82) is 0 Å². The van der Waals surface area contributed by atoms with Gasteiger partial charge in [0.1, 0.15) is 0 Å². The van der Waals surface area contributed by atoms with Gasteiger partial charge in [-0.1, -0.05) is 0 Å². The second-order valence-electron chi connectivity index (χ2n) is 5.80. The number of hydrogen-bond donors (Lipinski definition) is 1. The van der Waals surface area contributed by atoms with Gasteiger partial charge in [0.15, 0.2) is 0 Å². The summed E-state index contributed by atoms with van der Waals surface area (Å²) in [6, 6.07) is -0.906. The van der Waals surface area contributed by atoms with Gasteiger partial charge in [-0.3, -0.25) is 0 Å². The predicted molar refractivity (Wildman–Crippen MR) is 77.9 cm³/mol. The molecule has 130 valence electrons. The van der Waals surface area contributed by atoms with E-state index in [2.05, 4.69) is 15.4 Å². The first kappa shape index (κ1) is 18.0. The van der Waals surface area contributed by atoms with Crippen LogP contribution in [0.4, 0.5) is 0 Å². The molecule has 0 spiro atoms. The van der Waals surface area contributed by atoms with Crippen LogP contribution < -0.4 is 5.32 Å². The molecule has 0 saturated carbocycles. The summed E-state index contributed by atoms with van der Waals surface area (Å²) in [6.07, 6.45) is 3.12. The van der Waals surface area contributed by atoms with Gasteiger partial charge in [-0.25, -0.2) is 0 Å². The molecule has 2 rings (SSSR count). The summed E-state index contributed by atoms with van der Waals surface area (Å²) in [5, 5.41) is 2.70. The minimum absolute atomic E-state index is 0.0513. The summed E-state index contributed by atoms with van der Waals surface area (Å²) >= 11 is 1.90. The molecule has 7 nitrogen and oxygen atoms in total. The summed E-state index contributed by atoms with van der Waals surface area (Å²) in [6.45, 7) is 6.09. The quantitative estimate of drug-likeness (QED) is 0.312. The summed E-state index contributed by atoms with van der Waals surface area (Å²) < 4.78 is 9.23. The Morgan fingerprint density at radius 1 is 1.61 bits per heavy atom. The number of piperazine rings is 1. The first-order chi connectivity index (χ1) is 11.0. The number of ether oxygens (including phenoxy) is 1. The van der Waals surface area contributed by atoms with Gasteiger partial charge in [0.05, 0.1) is 0 Å². The molecule has 2 aliphatic heterocycles.